The smallest absolute Gasteiger partial charge is 0.348 e. The maximum atomic E-state index is 11.3. The summed E-state index contributed by atoms with van der Waals surface area (Å²) >= 11 is 0. The van der Waals surface area contributed by atoms with Gasteiger partial charge in [-0.15, -0.1) is 0 Å². The molecule has 1 rings (SSSR count). The minimum atomic E-state index is -0.283. The van der Waals surface area contributed by atoms with E-state index >= 15 is 0 Å². The first kappa shape index (κ1) is 9.92. The predicted octanol–water partition coefficient (Wildman–Crippen LogP) is 0.161. The quantitative estimate of drug-likeness (QED) is 0.709. The standard InChI is InChI=1S/C9H14N2O2/c1-6-7(2)10-9(13)11(4-5-12)8(6)3/h12H,4-5H2,1-3H3. The number of rotatable bonds is 2. The molecule has 1 heterocycles. The Hall–Kier alpha value is -1.16. The Bertz CT molecular complexity index is 369. The molecule has 1 aromatic heterocycles. The van der Waals surface area contributed by atoms with Crippen molar-refractivity contribution < 1.29 is 5.11 Å². The Morgan fingerprint density at radius 1 is 1.38 bits per heavy atom. The van der Waals surface area contributed by atoms with Gasteiger partial charge >= 0.3 is 5.69 Å². The Morgan fingerprint density at radius 2 is 2.00 bits per heavy atom. The zero-order valence-electron chi connectivity index (χ0n) is 8.16. The lowest BCUT2D eigenvalue weighted by Crippen LogP contribution is -2.28. The van der Waals surface area contributed by atoms with Gasteiger partial charge in [0.1, 0.15) is 0 Å². The summed E-state index contributed by atoms with van der Waals surface area (Å²) in [5, 5.41) is 8.74. The van der Waals surface area contributed by atoms with Crippen LogP contribution in [-0.2, 0) is 6.54 Å². The van der Waals surface area contributed by atoms with Crippen molar-refractivity contribution in [2.24, 2.45) is 0 Å². The van der Waals surface area contributed by atoms with Crippen molar-refractivity contribution in [3.8, 4) is 0 Å². The van der Waals surface area contributed by atoms with Gasteiger partial charge in [0.25, 0.3) is 0 Å². The molecule has 4 heteroatoms. The van der Waals surface area contributed by atoms with Gasteiger partial charge < -0.3 is 5.11 Å². The van der Waals surface area contributed by atoms with E-state index in [1.807, 2.05) is 20.8 Å². The molecule has 4 nitrogen and oxygen atoms in total. The van der Waals surface area contributed by atoms with Crippen LogP contribution >= 0.6 is 0 Å². The molecular weight excluding hydrogens is 168 g/mol. The third kappa shape index (κ3) is 1.78. The van der Waals surface area contributed by atoms with E-state index < -0.39 is 0 Å². The third-order valence-corrected chi connectivity index (χ3v) is 2.31. The van der Waals surface area contributed by atoms with Crippen molar-refractivity contribution in [3.05, 3.63) is 27.4 Å². The summed E-state index contributed by atoms with van der Waals surface area (Å²) in [5.74, 6) is 0. The van der Waals surface area contributed by atoms with E-state index in [1.54, 1.807) is 0 Å². The summed E-state index contributed by atoms with van der Waals surface area (Å²) in [7, 11) is 0. The van der Waals surface area contributed by atoms with Crippen LogP contribution in [0.2, 0.25) is 0 Å². The molecule has 13 heavy (non-hydrogen) atoms. The van der Waals surface area contributed by atoms with E-state index in [2.05, 4.69) is 4.98 Å². The normalized spacial score (nSPS) is 10.5. The Balaban J connectivity index is 3.35. The first-order valence-electron chi connectivity index (χ1n) is 4.23. The van der Waals surface area contributed by atoms with Crippen LogP contribution in [0.15, 0.2) is 4.79 Å². The van der Waals surface area contributed by atoms with Gasteiger partial charge in [0.2, 0.25) is 0 Å². The van der Waals surface area contributed by atoms with Crippen molar-refractivity contribution in [3.63, 3.8) is 0 Å². The van der Waals surface area contributed by atoms with Crippen molar-refractivity contribution in [2.75, 3.05) is 6.61 Å². The molecule has 0 aliphatic carbocycles. The van der Waals surface area contributed by atoms with Crippen LogP contribution in [0.25, 0.3) is 0 Å². The van der Waals surface area contributed by atoms with E-state index in [-0.39, 0.29) is 12.3 Å². The maximum absolute atomic E-state index is 11.3. The van der Waals surface area contributed by atoms with Crippen LogP contribution in [0.1, 0.15) is 17.0 Å². The van der Waals surface area contributed by atoms with Gasteiger partial charge in [0, 0.05) is 11.4 Å². The van der Waals surface area contributed by atoms with E-state index in [0.717, 1.165) is 17.0 Å². The molecule has 0 amide bonds. The van der Waals surface area contributed by atoms with Crippen molar-refractivity contribution in [1.82, 2.24) is 9.55 Å². The number of aliphatic hydroxyl groups excluding tert-OH is 1. The van der Waals surface area contributed by atoms with Crippen LogP contribution < -0.4 is 5.69 Å². The van der Waals surface area contributed by atoms with Crippen LogP contribution in [-0.4, -0.2) is 21.3 Å². The zero-order chi connectivity index (χ0) is 10.0. The maximum Gasteiger partial charge on any atom is 0.348 e. The minimum absolute atomic E-state index is 0.0368. The van der Waals surface area contributed by atoms with Gasteiger partial charge in [0.05, 0.1) is 13.2 Å². The summed E-state index contributed by atoms with van der Waals surface area (Å²) < 4.78 is 1.49. The molecule has 0 fully saturated rings. The molecule has 0 radical (unpaired) electrons. The van der Waals surface area contributed by atoms with Gasteiger partial charge in [-0.25, -0.2) is 4.79 Å². The molecule has 72 valence electrons. The van der Waals surface area contributed by atoms with Gasteiger partial charge in [-0.2, -0.15) is 4.98 Å². The van der Waals surface area contributed by atoms with Crippen molar-refractivity contribution >= 4 is 0 Å². The number of hydrogen-bond donors (Lipinski definition) is 1. The molecule has 0 aromatic carbocycles. The largest absolute Gasteiger partial charge is 0.395 e. The highest BCUT2D eigenvalue weighted by molar-refractivity contribution is 5.21. The molecule has 0 unspecified atom stereocenters. The molecule has 0 aliphatic rings. The second-order valence-electron chi connectivity index (χ2n) is 3.07. The molecular formula is C9H14N2O2. The number of nitrogens with zero attached hydrogens (tertiary/aromatic N) is 2. The van der Waals surface area contributed by atoms with E-state index in [9.17, 15) is 4.79 Å². The molecule has 1 aromatic rings. The lowest BCUT2D eigenvalue weighted by atomic mass is 10.2. The summed E-state index contributed by atoms with van der Waals surface area (Å²) in [6, 6.07) is 0. The highest BCUT2D eigenvalue weighted by Gasteiger charge is 2.06. The van der Waals surface area contributed by atoms with E-state index in [0.29, 0.717) is 6.54 Å². The number of hydrogen-bond acceptors (Lipinski definition) is 3. The zero-order valence-corrected chi connectivity index (χ0v) is 8.16. The number of aryl methyl sites for hydroxylation is 1. The average molecular weight is 182 g/mol. The SMILES string of the molecule is Cc1nc(=O)n(CCO)c(C)c1C. The monoisotopic (exact) mass is 182 g/mol. The summed E-state index contributed by atoms with van der Waals surface area (Å²) in [5.41, 5.74) is 2.37. The average Bonchev–Trinajstić information content (AvgIpc) is 2.09. The van der Waals surface area contributed by atoms with Gasteiger partial charge in [-0.05, 0) is 26.3 Å². The van der Waals surface area contributed by atoms with Crippen molar-refractivity contribution in [2.45, 2.75) is 27.3 Å². The summed E-state index contributed by atoms with van der Waals surface area (Å²) in [6.07, 6.45) is 0. The highest BCUT2D eigenvalue weighted by Crippen LogP contribution is 2.05. The summed E-state index contributed by atoms with van der Waals surface area (Å²) in [6.45, 7) is 5.88. The Labute approximate surface area is 76.9 Å². The molecule has 0 bridgehead atoms. The van der Waals surface area contributed by atoms with Crippen LogP contribution in [0, 0.1) is 20.8 Å². The predicted molar refractivity (Wildman–Crippen MR) is 49.8 cm³/mol. The fraction of sp³-hybridized carbons (Fsp3) is 0.556. The fourth-order valence-electron chi connectivity index (χ4n) is 1.26. The molecule has 0 saturated carbocycles. The summed E-state index contributed by atoms with van der Waals surface area (Å²) in [4.78, 5) is 15.2. The van der Waals surface area contributed by atoms with E-state index in [4.69, 9.17) is 5.11 Å². The van der Waals surface area contributed by atoms with Crippen LogP contribution in [0.4, 0.5) is 0 Å². The molecule has 1 N–H and O–H groups in total. The Kier molecular flexibility index (Phi) is 2.83. The first-order valence-corrected chi connectivity index (χ1v) is 4.23. The Morgan fingerprint density at radius 3 is 2.54 bits per heavy atom. The van der Waals surface area contributed by atoms with Crippen LogP contribution in [0.5, 0.6) is 0 Å². The van der Waals surface area contributed by atoms with Gasteiger partial charge in [-0.1, -0.05) is 0 Å². The second-order valence-corrected chi connectivity index (χ2v) is 3.07. The fourth-order valence-corrected chi connectivity index (χ4v) is 1.26. The van der Waals surface area contributed by atoms with Crippen molar-refractivity contribution in [1.29, 1.82) is 0 Å². The highest BCUT2D eigenvalue weighted by atomic mass is 16.3. The third-order valence-electron chi connectivity index (χ3n) is 2.31. The molecule has 0 aliphatic heterocycles. The van der Waals surface area contributed by atoms with Gasteiger partial charge in [0.15, 0.2) is 0 Å². The van der Waals surface area contributed by atoms with Gasteiger partial charge in [-0.3, -0.25) is 4.57 Å². The van der Waals surface area contributed by atoms with E-state index in [1.165, 1.54) is 4.57 Å². The lowest BCUT2D eigenvalue weighted by molar-refractivity contribution is 0.271. The lowest BCUT2D eigenvalue weighted by Gasteiger charge is -2.11. The topological polar surface area (TPSA) is 55.1 Å². The molecule has 0 spiro atoms. The second kappa shape index (κ2) is 3.70. The number of aliphatic hydroxyl groups is 1. The first-order chi connectivity index (χ1) is 6.07. The van der Waals surface area contributed by atoms with Crippen LogP contribution in [0.3, 0.4) is 0 Å². The molecule has 0 atom stereocenters. The minimum Gasteiger partial charge on any atom is -0.395 e. The molecule has 0 saturated heterocycles. The number of aromatic nitrogens is 2.